The summed E-state index contributed by atoms with van der Waals surface area (Å²) in [5.74, 6) is 1.66. The van der Waals surface area contributed by atoms with Gasteiger partial charge in [-0.15, -0.1) is 11.8 Å². The minimum absolute atomic E-state index is 0.487. The lowest BCUT2D eigenvalue weighted by Gasteiger charge is -2.05. The van der Waals surface area contributed by atoms with Crippen LogP contribution in [0.25, 0.3) is 0 Å². The molecule has 2 aromatic rings. The average Bonchev–Trinajstić information content (AvgIpc) is 2.62. The number of nitrogen functional groups attached to an aromatic ring is 1. The average molecular weight is 341 g/mol. The van der Waals surface area contributed by atoms with Crippen molar-refractivity contribution in [1.82, 2.24) is 0 Å². The van der Waals surface area contributed by atoms with Crippen LogP contribution in [0.3, 0.4) is 0 Å². The first-order valence-electron chi connectivity index (χ1n) is 7.89. The van der Waals surface area contributed by atoms with E-state index >= 15 is 0 Å². The number of hydrogen-bond acceptors (Lipinski definition) is 4. The van der Waals surface area contributed by atoms with Crippen molar-refractivity contribution in [1.29, 1.82) is 0 Å². The molecule has 0 aliphatic rings. The van der Waals surface area contributed by atoms with Gasteiger partial charge in [0.05, 0.1) is 18.9 Å². The van der Waals surface area contributed by atoms with Crippen molar-refractivity contribution in [2.24, 2.45) is 0 Å². The number of para-hydroxylation sites is 2. The minimum Gasteiger partial charge on any atom is -0.487 e. The molecule has 2 aromatic carbocycles. The molecule has 24 heavy (non-hydrogen) atoms. The zero-order valence-electron chi connectivity index (χ0n) is 13.6. The third-order valence-corrected chi connectivity index (χ3v) is 4.07. The maximum Gasteiger partial charge on any atom is 0.142 e. The summed E-state index contributed by atoms with van der Waals surface area (Å²) in [6.07, 6.45) is 8.06. The molecule has 0 aromatic heterocycles. The predicted octanol–water partition coefficient (Wildman–Crippen LogP) is 4.57. The molecule has 0 saturated heterocycles. The van der Waals surface area contributed by atoms with Crippen LogP contribution in [-0.4, -0.2) is 25.6 Å². The Labute approximate surface area is 148 Å². The summed E-state index contributed by atoms with van der Waals surface area (Å²) in [5, 5.41) is 0. The molecule has 0 spiro atoms. The molecule has 0 amide bonds. The number of nitrogens with two attached hydrogens (primary N) is 1. The SMILES string of the molecule is Nc1ccccc1OC/C=C/COC/C=C/CSc1ccccc1. The van der Waals surface area contributed by atoms with E-state index in [4.69, 9.17) is 15.2 Å². The number of rotatable bonds is 10. The van der Waals surface area contributed by atoms with Crippen LogP contribution in [0.4, 0.5) is 5.69 Å². The normalized spacial score (nSPS) is 11.3. The summed E-state index contributed by atoms with van der Waals surface area (Å²) in [4.78, 5) is 1.28. The van der Waals surface area contributed by atoms with Crippen LogP contribution < -0.4 is 10.5 Å². The maximum absolute atomic E-state index is 5.79. The Balaban J connectivity index is 1.49. The van der Waals surface area contributed by atoms with Crippen molar-refractivity contribution < 1.29 is 9.47 Å². The summed E-state index contributed by atoms with van der Waals surface area (Å²) in [6, 6.07) is 17.8. The molecular formula is C20H23NO2S. The van der Waals surface area contributed by atoms with Crippen LogP contribution >= 0.6 is 11.8 Å². The Morgan fingerprint density at radius 3 is 2.25 bits per heavy atom. The van der Waals surface area contributed by atoms with Gasteiger partial charge >= 0.3 is 0 Å². The van der Waals surface area contributed by atoms with Crippen molar-refractivity contribution in [3.63, 3.8) is 0 Å². The standard InChI is InChI=1S/C20H23NO2S/c21-19-12-4-5-13-20(19)23-16-7-6-14-22-15-8-9-17-24-18-10-2-1-3-11-18/h1-13H,14-17,21H2/b7-6+,9-8+. The number of hydrogen-bond donors (Lipinski definition) is 1. The molecule has 2 rings (SSSR count). The van der Waals surface area contributed by atoms with Gasteiger partial charge in [-0.05, 0) is 30.3 Å². The molecule has 126 valence electrons. The highest BCUT2D eigenvalue weighted by molar-refractivity contribution is 7.99. The monoisotopic (exact) mass is 341 g/mol. The van der Waals surface area contributed by atoms with E-state index in [9.17, 15) is 0 Å². The fourth-order valence-electron chi connectivity index (χ4n) is 1.89. The Kier molecular flexibility index (Phi) is 8.62. The van der Waals surface area contributed by atoms with E-state index in [0.29, 0.717) is 31.3 Å². The highest BCUT2D eigenvalue weighted by Crippen LogP contribution is 2.19. The summed E-state index contributed by atoms with van der Waals surface area (Å²) >= 11 is 1.81. The van der Waals surface area contributed by atoms with Crippen molar-refractivity contribution in [2.75, 3.05) is 31.3 Å². The molecule has 0 fully saturated rings. The third-order valence-electron chi connectivity index (χ3n) is 3.10. The smallest absolute Gasteiger partial charge is 0.142 e. The van der Waals surface area contributed by atoms with E-state index < -0.39 is 0 Å². The molecule has 0 aliphatic heterocycles. The van der Waals surface area contributed by atoms with Crippen LogP contribution in [0.15, 0.2) is 83.8 Å². The van der Waals surface area contributed by atoms with Gasteiger partial charge in [-0.1, -0.05) is 48.6 Å². The lowest BCUT2D eigenvalue weighted by atomic mass is 10.3. The Morgan fingerprint density at radius 1 is 0.792 bits per heavy atom. The van der Waals surface area contributed by atoms with Gasteiger partial charge in [-0.2, -0.15) is 0 Å². The fraction of sp³-hybridized carbons (Fsp3) is 0.200. The van der Waals surface area contributed by atoms with Gasteiger partial charge in [0.25, 0.3) is 0 Å². The van der Waals surface area contributed by atoms with Gasteiger partial charge in [-0.3, -0.25) is 0 Å². The van der Waals surface area contributed by atoms with Gasteiger partial charge in [-0.25, -0.2) is 0 Å². The number of thioether (sulfide) groups is 1. The molecule has 0 atom stereocenters. The molecule has 0 unspecified atom stereocenters. The lowest BCUT2D eigenvalue weighted by Crippen LogP contribution is -1.98. The molecule has 3 nitrogen and oxygen atoms in total. The summed E-state index contributed by atoms with van der Waals surface area (Å²) < 4.78 is 11.1. The van der Waals surface area contributed by atoms with Crippen molar-refractivity contribution in [3.05, 3.63) is 78.9 Å². The number of ether oxygens (including phenoxy) is 2. The molecule has 0 heterocycles. The van der Waals surface area contributed by atoms with E-state index in [1.807, 2.05) is 60.3 Å². The van der Waals surface area contributed by atoms with Crippen LogP contribution in [0, 0.1) is 0 Å². The van der Waals surface area contributed by atoms with E-state index in [1.165, 1.54) is 4.90 Å². The van der Waals surface area contributed by atoms with Crippen molar-refractivity contribution in [2.45, 2.75) is 4.90 Å². The molecule has 4 heteroatoms. The molecular weight excluding hydrogens is 318 g/mol. The molecule has 0 aliphatic carbocycles. The van der Waals surface area contributed by atoms with E-state index in [-0.39, 0.29) is 0 Å². The van der Waals surface area contributed by atoms with Gasteiger partial charge in [0.1, 0.15) is 12.4 Å². The third kappa shape index (κ3) is 7.40. The van der Waals surface area contributed by atoms with E-state index in [2.05, 4.69) is 30.3 Å². The minimum atomic E-state index is 0.487. The molecule has 2 N–H and O–H groups in total. The van der Waals surface area contributed by atoms with Gasteiger partial charge < -0.3 is 15.2 Å². The first-order chi connectivity index (χ1) is 11.9. The fourth-order valence-corrected chi connectivity index (χ4v) is 2.66. The second-order valence-electron chi connectivity index (χ2n) is 4.95. The first kappa shape index (κ1) is 18.2. The molecule has 0 bridgehead atoms. The van der Waals surface area contributed by atoms with Crippen LogP contribution in [0.1, 0.15) is 0 Å². The quantitative estimate of drug-likeness (QED) is 0.298. The van der Waals surface area contributed by atoms with Crippen LogP contribution in [0.2, 0.25) is 0 Å². The van der Waals surface area contributed by atoms with Gasteiger partial charge in [0, 0.05) is 10.6 Å². The van der Waals surface area contributed by atoms with E-state index in [1.54, 1.807) is 0 Å². The van der Waals surface area contributed by atoms with Gasteiger partial charge in [0.2, 0.25) is 0 Å². The zero-order valence-corrected chi connectivity index (χ0v) is 14.5. The summed E-state index contributed by atoms with van der Waals surface area (Å²) in [6.45, 7) is 1.68. The summed E-state index contributed by atoms with van der Waals surface area (Å²) in [7, 11) is 0. The highest BCUT2D eigenvalue weighted by atomic mass is 32.2. The van der Waals surface area contributed by atoms with Gasteiger partial charge in [0.15, 0.2) is 0 Å². The Hall–Kier alpha value is -2.17. The summed E-state index contributed by atoms with van der Waals surface area (Å²) in [5.41, 5.74) is 6.45. The van der Waals surface area contributed by atoms with Crippen molar-refractivity contribution in [3.8, 4) is 5.75 Å². The van der Waals surface area contributed by atoms with Crippen LogP contribution in [-0.2, 0) is 4.74 Å². The number of anilines is 1. The highest BCUT2D eigenvalue weighted by Gasteiger charge is 1.95. The Morgan fingerprint density at radius 2 is 1.46 bits per heavy atom. The largest absolute Gasteiger partial charge is 0.487 e. The second-order valence-corrected chi connectivity index (χ2v) is 6.05. The maximum atomic E-state index is 5.79. The topological polar surface area (TPSA) is 44.5 Å². The Bertz CT molecular complexity index is 641. The molecule has 0 saturated carbocycles. The first-order valence-corrected chi connectivity index (χ1v) is 8.87. The zero-order chi connectivity index (χ0) is 16.9. The van der Waals surface area contributed by atoms with E-state index in [0.717, 1.165) is 5.75 Å². The predicted molar refractivity (Wildman–Crippen MR) is 103 cm³/mol. The molecule has 0 radical (unpaired) electrons. The number of benzene rings is 2. The second kappa shape index (κ2) is 11.4. The van der Waals surface area contributed by atoms with Crippen LogP contribution in [0.5, 0.6) is 5.75 Å². The van der Waals surface area contributed by atoms with Crippen molar-refractivity contribution >= 4 is 17.4 Å². The lowest BCUT2D eigenvalue weighted by molar-refractivity contribution is 0.193.